The first kappa shape index (κ1) is 69.1. The number of aromatic nitrogens is 4. The summed E-state index contributed by atoms with van der Waals surface area (Å²) in [5, 5.41) is 32.6. The van der Waals surface area contributed by atoms with Crippen molar-refractivity contribution in [3.63, 3.8) is 0 Å². The Balaban J connectivity index is 0.000000193. The third kappa shape index (κ3) is 17.3. The Morgan fingerprint density at radius 2 is 1.51 bits per heavy atom. The van der Waals surface area contributed by atoms with Crippen LogP contribution in [0.15, 0.2) is 83.1 Å². The molecule has 21 heteroatoms. The molecule has 7 fully saturated rings. The van der Waals surface area contributed by atoms with Gasteiger partial charge in [0.05, 0.1) is 52.5 Å². The summed E-state index contributed by atoms with van der Waals surface area (Å²) in [6, 6.07) is 22.3. The number of piperidine rings is 2. The van der Waals surface area contributed by atoms with Gasteiger partial charge in [0.15, 0.2) is 17.4 Å². The van der Waals surface area contributed by atoms with Gasteiger partial charge in [0.25, 0.3) is 0 Å². The van der Waals surface area contributed by atoms with Gasteiger partial charge in [-0.2, -0.15) is 0 Å². The molecule has 7 aliphatic rings. The maximum atomic E-state index is 13.4. The third-order valence-electron chi connectivity index (χ3n) is 19.1. The zero-order chi connectivity index (χ0) is 62.4. The molecule has 6 saturated heterocycles. The van der Waals surface area contributed by atoms with Crippen molar-refractivity contribution in [3.8, 4) is 27.4 Å². The highest BCUT2D eigenvalue weighted by molar-refractivity contribution is 7.13. The van der Waals surface area contributed by atoms with Gasteiger partial charge < -0.3 is 61.6 Å². The monoisotopic (exact) mass is 1230 g/mol. The van der Waals surface area contributed by atoms with Crippen molar-refractivity contribution in [3.05, 3.63) is 95.6 Å². The predicted octanol–water partition coefficient (Wildman–Crippen LogP) is 9.26. The molecular formula is C67H104N14O6S. The van der Waals surface area contributed by atoms with E-state index in [0.717, 1.165) is 126 Å². The standard InChI is InChI=1S/C31H51N5O3.C19H25N5O.C13H14N2OS.C2H6N2.CH4O.CH4/c1-23(2)29(30(37)36-10-4-5-24(36)3)27-19-28(32-39-27)35-11-6-25(7-12-35)22-33-13-8-31(9-14-33)20-26(21-31)34-15-17-38-18-16-34;1-12(2)24-13-7-8-14(24)11-23(10-13)17-9-16(21-22-19(17)20)15-5-3-4-6-18(15)25;1-9(14-7-16)11-3-5-12(6-4-11)13-10(2)15-8-17-13;1-2(3)4;1-2;/h19,23-26,29H,4-18,20-22H2,1-3H3;3-6,9,12-14,25H,7-8,10-11H2,1-2H3,(H2,20,22);3-9H,1-2H3,(H,14,16);1,3-4H2;2H,1H3;1H4/t;;9-;;;/m..0.../s1. The molecule has 9 heterocycles. The number of aromatic hydroxyl groups is 1. The molecule has 4 unspecified atom stereocenters. The average molecular weight is 1230 g/mol. The number of rotatable bonds is 14. The number of piperazine rings is 1. The van der Waals surface area contributed by atoms with Crippen LogP contribution in [0.4, 0.5) is 17.3 Å². The summed E-state index contributed by atoms with van der Waals surface area (Å²) in [4.78, 5) is 44.0. The molecule has 2 amide bonds. The van der Waals surface area contributed by atoms with Crippen LogP contribution >= 0.6 is 11.3 Å². The van der Waals surface area contributed by atoms with Gasteiger partial charge in [0.1, 0.15) is 11.7 Å². The van der Waals surface area contributed by atoms with Crippen molar-refractivity contribution in [2.75, 3.05) is 101 Å². The molecule has 88 heavy (non-hydrogen) atoms. The fourth-order valence-electron chi connectivity index (χ4n) is 14.4. The van der Waals surface area contributed by atoms with Crippen molar-refractivity contribution in [1.82, 2.24) is 45.3 Å². The molecule has 0 radical (unpaired) electrons. The summed E-state index contributed by atoms with van der Waals surface area (Å²) in [5.74, 6) is 3.39. The molecule has 9 N–H and O–H groups in total. The van der Waals surface area contributed by atoms with E-state index in [1.165, 1.54) is 81.4 Å². The third-order valence-corrected chi connectivity index (χ3v) is 20.0. The number of thiazole rings is 1. The number of carbonyl (C=O) groups excluding carboxylic acids is 2. The Morgan fingerprint density at radius 3 is 2.08 bits per heavy atom. The van der Waals surface area contributed by atoms with E-state index in [2.05, 4.69) is 110 Å². The maximum Gasteiger partial charge on any atom is 0.233 e. The van der Waals surface area contributed by atoms with Crippen molar-refractivity contribution < 1.29 is 29.1 Å². The van der Waals surface area contributed by atoms with Gasteiger partial charge in [-0.1, -0.05) is 69.4 Å². The van der Waals surface area contributed by atoms with E-state index in [4.69, 9.17) is 31.6 Å². The molecule has 6 aliphatic heterocycles. The van der Waals surface area contributed by atoms with E-state index in [1.807, 2.05) is 54.6 Å². The average Bonchev–Trinajstić information content (AvgIpc) is 1.07. The van der Waals surface area contributed by atoms with Crippen LogP contribution < -0.4 is 32.3 Å². The number of hydrogen-bond donors (Lipinski definition) is 6. The van der Waals surface area contributed by atoms with Crippen LogP contribution in [0.2, 0.25) is 0 Å². The van der Waals surface area contributed by atoms with Crippen LogP contribution in [0.5, 0.6) is 5.75 Å². The predicted molar refractivity (Wildman–Crippen MR) is 355 cm³/mol. The first-order chi connectivity index (χ1) is 41.9. The number of anilines is 3. The maximum absolute atomic E-state index is 13.4. The number of hydrogen-bond acceptors (Lipinski definition) is 19. The quantitative estimate of drug-likeness (QED) is 0.0566. The van der Waals surface area contributed by atoms with E-state index < -0.39 is 0 Å². The Bertz CT molecular complexity index is 2930. The van der Waals surface area contributed by atoms with Gasteiger partial charge in [-0.15, -0.1) is 21.5 Å². The van der Waals surface area contributed by atoms with E-state index >= 15 is 0 Å². The van der Waals surface area contributed by atoms with Gasteiger partial charge in [0, 0.05) is 101 Å². The molecule has 5 aromatic rings. The minimum atomic E-state index is -0.244. The van der Waals surface area contributed by atoms with Crippen LogP contribution in [0.3, 0.4) is 0 Å². The second kappa shape index (κ2) is 32.4. The molecule has 2 bridgehead atoms. The number of likely N-dealkylation sites (tertiary alicyclic amines) is 2. The van der Waals surface area contributed by atoms with Crippen molar-refractivity contribution in [1.29, 1.82) is 0 Å². The number of phenolic OH excluding ortho intramolecular Hbond substituents is 1. The lowest BCUT2D eigenvalue weighted by Gasteiger charge is -2.56. The van der Waals surface area contributed by atoms with E-state index in [1.54, 1.807) is 23.5 Å². The molecule has 3 aromatic heterocycles. The topological polar surface area (TPSA) is 258 Å². The number of para-hydroxylation sites is 1. The first-order valence-electron chi connectivity index (χ1n) is 31.8. The normalized spacial score (nSPS) is 21.9. The van der Waals surface area contributed by atoms with Gasteiger partial charge in [-0.3, -0.25) is 19.4 Å². The minimum absolute atomic E-state index is 0. The largest absolute Gasteiger partial charge is 0.507 e. The Labute approximate surface area is 528 Å². The zero-order valence-electron chi connectivity index (χ0n) is 53.0. The summed E-state index contributed by atoms with van der Waals surface area (Å²) in [5.41, 5.74) is 23.6. The minimum Gasteiger partial charge on any atom is -0.507 e. The number of aryl methyl sites for hydroxylation is 1. The number of ether oxygens (including phenoxy) is 1. The number of nitrogen functional groups attached to an aromatic ring is 1. The second-order valence-electron chi connectivity index (χ2n) is 25.6. The lowest BCUT2D eigenvalue weighted by molar-refractivity contribution is -0.135. The second-order valence-corrected chi connectivity index (χ2v) is 26.4. The summed E-state index contributed by atoms with van der Waals surface area (Å²) < 4.78 is 11.4. The van der Waals surface area contributed by atoms with Crippen molar-refractivity contribution in [2.24, 2.45) is 28.7 Å². The van der Waals surface area contributed by atoms with E-state index in [0.29, 0.717) is 46.7 Å². The Hall–Kier alpha value is -6.36. The lowest BCUT2D eigenvalue weighted by Crippen LogP contribution is -2.57. The number of benzene rings is 2. The van der Waals surface area contributed by atoms with Crippen LogP contribution in [0.25, 0.3) is 21.7 Å². The number of aliphatic hydroxyl groups is 1. The Kier molecular flexibility index (Phi) is 25.4. The smallest absolute Gasteiger partial charge is 0.233 e. The molecule has 12 rings (SSSR count). The Morgan fingerprint density at radius 1 is 0.864 bits per heavy atom. The van der Waals surface area contributed by atoms with Crippen molar-refractivity contribution >= 4 is 41.0 Å². The van der Waals surface area contributed by atoms with Gasteiger partial charge in [-0.05, 0) is 158 Å². The van der Waals surface area contributed by atoms with Crippen LogP contribution in [0.1, 0.15) is 142 Å². The van der Waals surface area contributed by atoms with Gasteiger partial charge >= 0.3 is 0 Å². The lowest BCUT2D eigenvalue weighted by atomic mass is 9.60. The number of nitrogens with two attached hydrogens (primary N) is 3. The number of nitrogens with zero attached hydrogens (tertiary/aromatic N) is 10. The number of aliphatic hydroxyl groups excluding tert-OH is 1. The molecule has 2 aromatic carbocycles. The van der Waals surface area contributed by atoms with E-state index in [-0.39, 0.29) is 42.8 Å². The molecule has 1 saturated carbocycles. The number of nitrogens with one attached hydrogen (secondary N) is 1. The zero-order valence-corrected chi connectivity index (χ0v) is 53.8. The summed E-state index contributed by atoms with van der Waals surface area (Å²) in [7, 11) is 1.00. The van der Waals surface area contributed by atoms with Gasteiger partial charge in [0.2, 0.25) is 12.3 Å². The van der Waals surface area contributed by atoms with Crippen molar-refractivity contribution in [2.45, 2.75) is 162 Å². The number of phenols is 1. The molecule has 484 valence electrons. The van der Waals surface area contributed by atoms with Crippen LogP contribution in [0, 0.1) is 24.2 Å². The van der Waals surface area contributed by atoms with Crippen LogP contribution in [-0.2, 0) is 14.3 Å². The van der Waals surface area contributed by atoms with Crippen LogP contribution in [-0.4, -0.2) is 178 Å². The highest BCUT2D eigenvalue weighted by atomic mass is 32.1. The first-order valence-corrected chi connectivity index (χ1v) is 32.6. The fraction of sp³-hybridized carbons (Fsp3) is 0.612. The van der Waals surface area contributed by atoms with Gasteiger partial charge in [-0.25, -0.2) is 4.98 Å². The molecular weight excluding hydrogens is 1130 g/mol. The fourth-order valence-corrected chi connectivity index (χ4v) is 15.2. The highest BCUT2D eigenvalue weighted by Crippen LogP contribution is 2.51. The summed E-state index contributed by atoms with van der Waals surface area (Å²) in [6.07, 6.45) is 13.4. The highest BCUT2D eigenvalue weighted by Gasteiger charge is 2.48. The number of carbonyl (C=O) groups is 2. The summed E-state index contributed by atoms with van der Waals surface area (Å²) >= 11 is 1.64. The number of fused-ring (bicyclic) bond motifs is 2. The molecule has 1 spiro atoms. The van der Waals surface area contributed by atoms with E-state index in [9.17, 15) is 14.7 Å². The molecule has 1 aliphatic carbocycles. The molecule has 20 nitrogen and oxygen atoms in total. The molecule has 5 atom stereocenters. The summed E-state index contributed by atoms with van der Waals surface area (Å²) in [6.45, 7) is 30.8. The number of amides is 2. The number of morpholine rings is 1. The SMILES string of the molecule is C.C=C(N)N.CC(C)C(C(=O)N1CCCC1C)c1cc(N2CCC(CN3CCC4(CC3)CC(N3CCOCC3)C4)CC2)no1.CC(C)N1C2CCC1CN(c1cc(-c3ccccc3O)nnc1N)C2.CO.Cc1ncsc1-c1ccc([C@H](C)NC=O)cc1.